The molecule has 0 fully saturated rings. The van der Waals surface area contributed by atoms with Crippen molar-refractivity contribution in [2.24, 2.45) is 0 Å². The lowest BCUT2D eigenvalue weighted by Crippen LogP contribution is -2.32. The maximum absolute atomic E-state index is 6.71. The molecule has 4 aromatic rings. The second-order valence-electron chi connectivity index (χ2n) is 9.50. The van der Waals surface area contributed by atoms with Gasteiger partial charge in [0.25, 0.3) is 0 Å². The van der Waals surface area contributed by atoms with Crippen LogP contribution in [0.1, 0.15) is 28.8 Å². The van der Waals surface area contributed by atoms with Gasteiger partial charge in [0.15, 0.2) is 0 Å². The van der Waals surface area contributed by atoms with E-state index in [4.69, 9.17) is 16.3 Å². The number of fused-ring (bicyclic) bond motifs is 3. The number of nitrogens with one attached hydrogen (secondary N) is 1. The van der Waals surface area contributed by atoms with Crippen LogP contribution in [0.3, 0.4) is 0 Å². The SMILES string of the molecule is CN(C)c1ccc([C@@H]2Oc3ccc(Cl)cc3C3=C2[C@H](c2ccc(N(C)C)cc2)n2ncnc2N3)cc1. The maximum atomic E-state index is 6.71. The van der Waals surface area contributed by atoms with Crippen LogP contribution in [0.25, 0.3) is 5.70 Å². The van der Waals surface area contributed by atoms with Crippen molar-refractivity contribution >= 4 is 34.6 Å². The molecular formula is C28H27ClN6O. The highest BCUT2D eigenvalue weighted by molar-refractivity contribution is 6.30. The molecule has 7 nitrogen and oxygen atoms in total. The number of hydrogen-bond acceptors (Lipinski definition) is 6. The van der Waals surface area contributed by atoms with Crippen molar-refractivity contribution in [3.05, 3.63) is 100 Å². The molecule has 8 heteroatoms. The summed E-state index contributed by atoms with van der Waals surface area (Å²) >= 11 is 6.44. The van der Waals surface area contributed by atoms with Crippen LogP contribution in [0.15, 0.2) is 78.6 Å². The Morgan fingerprint density at radius 1 is 0.861 bits per heavy atom. The molecule has 0 saturated carbocycles. The van der Waals surface area contributed by atoms with Crippen molar-refractivity contribution in [1.29, 1.82) is 0 Å². The number of aromatic nitrogens is 3. The van der Waals surface area contributed by atoms with Gasteiger partial charge in [0.1, 0.15) is 24.2 Å². The standard InChI is InChI=1S/C28H27ClN6O/c1-33(2)20-10-5-17(6-11-20)26-24-25(32-28-30-16-31-35(26)28)22-15-19(29)9-14-23(22)36-27(24)18-7-12-21(13-8-18)34(3)4/h5-16,26-27H,1-4H3,(H,30,31,32)/t26-,27-/m0/s1. The van der Waals surface area contributed by atoms with E-state index in [9.17, 15) is 0 Å². The lowest BCUT2D eigenvalue weighted by molar-refractivity contribution is 0.223. The molecule has 2 aliphatic rings. The third kappa shape index (κ3) is 3.67. The first-order valence-electron chi connectivity index (χ1n) is 11.8. The van der Waals surface area contributed by atoms with Crippen LogP contribution in [-0.4, -0.2) is 43.0 Å². The first-order valence-corrected chi connectivity index (χ1v) is 12.2. The minimum absolute atomic E-state index is 0.208. The minimum Gasteiger partial charge on any atom is -0.480 e. The minimum atomic E-state index is -0.326. The molecule has 1 N–H and O–H groups in total. The summed E-state index contributed by atoms with van der Waals surface area (Å²) in [6.07, 6.45) is 1.26. The van der Waals surface area contributed by atoms with Crippen LogP contribution in [0.5, 0.6) is 5.75 Å². The molecule has 3 aromatic carbocycles. The van der Waals surface area contributed by atoms with E-state index in [0.29, 0.717) is 11.0 Å². The normalized spacial score (nSPS) is 17.9. The summed E-state index contributed by atoms with van der Waals surface area (Å²) in [6, 6.07) is 22.6. The van der Waals surface area contributed by atoms with Crippen molar-refractivity contribution in [1.82, 2.24) is 14.8 Å². The van der Waals surface area contributed by atoms with Gasteiger partial charge in [-0.05, 0) is 53.6 Å². The van der Waals surface area contributed by atoms with Crippen molar-refractivity contribution in [3.63, 3.8) is 0 Å². The van der Waals surface area contributed by atoms with E-state index in [0.717, 1.165) is 45.1 Å². The van der Waals surface area contributed by atoms with Gasteiger partial charge in [-0.15, -0.1) is 0 Å². The van der Waals surface area contributed by atoms with E-state index in [-0.39, 0.29) is 12.1 Å². The van der Waals surface area contributed by atoms with Crippen LogP contribution < -0.4 is 19.9 Å². The molecule has 182 valence electrons. The van der Waals surface area contributed by atoms with Gasteiger partial charge in [0.05, 0.1) is 5.70 Å². The monoisotopic (exact) mass is 498 g/mol. The number of anilines is 3. The Morgan fingerprint density at radius 2 is 1.50 bits per heavy atom. The third-order valence-electron chi connectivity index (χ3n) is 6.81. The quantitative estimate of drug-likeness (QED) is 0.394. The Morgan fingerprint density at radius 3 is 2.14 bits per heavy atom. The zero-order valence-corrected chi connectivity index (χ0v) is 21.4. The topological polar surface area (TPSA) is 58.5 Å². The van der Waals surface area contributed by atoms with E-state index in [1.165, 1.54) is 0 Å². The third-order valence-corrected chi connectivity index (χ3v) is 7.05. The number of ether oxygens (including phenoxy) is 1. The molecule has 0 radical (unpaired) electrons. The smallest absolute Gasteiger partial charge is 0.226 e. The average molecular weight is 499 g/mol. The molecule has 0 saturated heterocycles. The highest BCUT2D eigenvalue weighted by Crippen LogP contribution is 2.51. The van der Waals surface area contributed by atoms with E-state index in [1.54, 1.807) is 6.33 Å². The average Bonchev–Trinajstić information content (AvgIpc) is 3.35. The molecule has 0 amide bonds. The first kappa shape index (κ1) is 22.5. The van der Waals surface area contributed by atoms with E-state index in [2.05, 4.69) is 73.7 Å². The molecule has 0 unspecified atom stereocenters. The summed E-state index contributed by atoms with van der Waals surface area (Å²) in [5, 5.41) is 8.80. The molecule has 0 bridgehead atoms. The van der Waals surface area contributed by atoms with Gasteiger partial charge >= 0.3 is 0 Å². The number of nitrogens with zero attached hydrogens (tertiary/aromatic N) is 5. The Balaban J connectivity index is 1.57. The molecule has 1 aromatic heterocycles. The zero-order chi connectivity index (χ0) is 25.0. The molecule has 2 aliphatic heterocycles. The lowest BCUT2D eigenvalue weighted by Gasteiger charge is -2.39. The van der Waals surface area contributed by atoms with Gasteiger partial charge in [-0.2, -0.15) is 10.1 Å². The predicted octanol–water partition coefficient (Wildman–Crippen LogP) is 5.62. The van der Waals surface area contributed by atoms with E-state index in [1.807, 2.05) is 51.1 Å². The van der Waals surface area contributed by atoms with Gasteiger partial charge in [0, 0.05) is 55.7 Å². The van der Waals surface area contributed by atoms with Crippen molar-refractivity contribution in [3.8, 4) is 5.75 Å². The fourth-order valence-corrected chi connectivity index (χ4v) is 5.11. The first-order chi connectivity index (χ1) is 17.4. The van der Waals surface area contributed by atoms with Gasteiger partial charge in [-0.1, -0.05) is 35.9 Å². The fraction of sp³-hybridized carbons (Fsp3) is 0.214. The molecular weight excluding hydrogens is 472 g/mol. The van der Waals surface area contributed by atoms with Crippen LogP contribution in [0.4, 0.5) is 17.3 Å². The van der Waals surface area contributed by atoms with Crippen molar-refractivity contribution in [2.75, 3.05) is 43.3 Å². The van der Waals surface area contributed by atoms with Crippen LogP contribution in [0, 0.1) is 0 Å². The second-order valence-corrected chi connectivity index (χ2v) is 9.93. The van der Waals surface area contributed by atoms with Crippen molar-refractivity contribution < 1.29 is 4.74 Å². The van der Waals surface area contributed by atoms with E-state index < -0.39 is 0 Å². The number of benzene rings is 3. The number of hydrogen-bond donors (Lipinski definition) is 1. The number of halogens is 1. The summed E-state index contributed by atoms with van der Waals surface area (Å²) in [4.78, 5) is 8.69. The summed E-state index contributed by atoms with van der Waals surface area (Å²) < 4.78 is 8.64. The Bertz CT molecular complexity index is 1460. The summed E-state index contributed by atoms with van der Waals surface area (Å²) in [5.74, 6) is 1.46. The summed E-state index contributed by atoms with van der Waals surface area (Å²) in [7, 11) is 8.16. The van der Waals surface area contributed by atoms with Gasteiger partial charge in [-0.3, -0.25) is 0 Å². The maximum Gasteiger partial charge on any atom is 0.226 e. The molecule has 2 atom stereocenters. The van der Waals surface area contributed by atoms with E-state index >= 15 is 0 Å². The van der Waals surface area contributed by atoms with Crippen LogP contribution in [0.2, 0.25) is 5.02 Å². The van der Waals surface area contributed by atoms with Gasteiger partial charge in [0.2, 0.25) is 5.95 Å². The highest BCUT2D eigenvalue weighted by atomic mass is 35.5. The van der Waals surface area contributed by atoms with Crippen molar-refractivity contribution in [2.45, 2.75) is 12.1 Å². The molecule has 0 spiro atoms. The zero-order valence-electron chi connectivity index (χ0n) is 20.6. The molecule has 6 rings (SSSR count). The largest absolute Gasteiger partial charge is 0.480 e. The molecule has 36 heavy (non-hydrogen) atoms. The Labute approximate surface area is 215 Å². The highest BCUT2D eigenvalue weighted by Gasteiger charge is 2.41. The second kappa shape index (κ2) is 8.60. The lowest BCUT2D eigenvalue weighted by atomic mass is 9.84. The Hall–Kier alpha value is -3.97. The Kier molecular flexibility index (Phi) is 5.38. The number of rotatable bonds is 4. The molecule has 0 aliphatic carbocycles. The molecule has 3 heterocycles. The van der Waals surface area contributed by atoms with Gasteiger partial charge in [-0.25, -0.2) is 4.68 Å². The predicted molar refractivity (Wildman–Crippen MR) is 145 cm³/mol. The summed E-state index contributed by atoms with van der Waals surface area (Å²) in [5.41, 5.74) is 7.38. The summed E-state index contributed by atoms with van der Waals surface area (Å²) in [6.45, 7) is 0. The van der Waals surface area contributed by atoms with Gasteiger partial charge < -0.3 is 19.9 Å². The van der Waals surface area contributed by atoms with Crippen LogP contribution >= 0.6 is 11.6 Å². The van der Waals surface area contributed by atoms with Crippen LogP contribution in [-0.2, 0) is 0 Å². The fourth-order valence-electron chi connectivity index (χ4n) is 4.94.